The first-order chi connectivity index (χ1) is 16.1. The summed E-state index contributed by atoms with van der Waals surface area (Å²) in [6, 6.07) is 17.9. The molecule has 3 heterocycles. The number of imidazole rings is 1. The Bertz CT molecular complexity index is 1480. The van der Waals surface area contributed by atoms with Crippen LogP contribution in [-0.2, 0) is 6.42 Å². The molecule has 0 unspecified atom stereocenters. The zero-order chi connectivity index (χ0) is 23.4. The quantitative estimate of drug-likeness (QED) is 0.422. The average Bonchev–Trinajstić information content (AvgIpc) is 3.41. The lowest BCUT2D eigenvalue weighted by Gasteiger charge is -2.08. The van der Waals surface area contributed by atoms with Crippen LogP contribution in [0.1, 0.15) is 28.7 Å². The summed E-state index contributed by atoms with van der Waals surface area (Å²) in [7, 11) is 1.54. The van der Waals surface area contributed by atoms with Crippen molar-refractivity contribution in [3.05, 3.63) is 83.9 Å². The first kappa shape index (κ1) is 21.6. The SMILES string of the molecule is C#Cc1cccc2nc(CC)n(-c3ccccc3)c12.CNC(=O)c1c(N)nn2cccnc12. The van der Waals surface area contributed by atoms with Crippen molar-refractivity contribution in [3.8, 4) is 18.0 Å². The van der Waals surface area contributed by atoms with E-state index in [1.54, 1.807) is 18.5 Å². The van der Waals surface area contributed by atoms with E-state index in [0.717, 1.165) is 34.5 Å². The van der Waals surface area contributed by atoms with E-state index in [9.17, 15) is 4.79 Å². The molecule has 2 aromatic carbocycles. The Morgan fingerprint density at radius 3 is 2.64 bits per heavy atom. The van der Waals surface area contributed by atoms with Crippen LogP contribution in [0, 0.1) is 12.3 Å². The number of para-hydroxylation sites is 2. The van der Waals surface area contributed by atoms with Crippen molar-refractivity contribution in [1.82, 2.24) is 29.5 Å². The highest BCUT2D eigenvalue weighted by Gasteiger charge is 2.17. The third kappa shape index (κ3) is 4.00. The van der Waals surface area contributed by atoms with E-state index in [0.29, 0.717) is 11.2 Å². The highest BCUT2D eigenvalue weighted by Crippen LogP contribution is 2.24. The van der Waals surface area contributed by atoms with Gasteiger partial charge in [-0.25, -0.2) is 14.5 Å². The molecule has 3 N–H and O–H groups in total. The molecule has 5 rings (SSSR count). The molecule has 1 amide bonds. The number of anilines is 1. The number of rotatable bonds is 3. The fraction of sp³-hybridized carbons (Fsp3) is 0.120. The molecule has 3 aromatic heterocycles. The molecule has 164 valence electrons. The van der Waals surface area contributed by atoms with Gasteiger partial charge in [0.25, 0.3) is 5.91 Å². The number of nitrogens with zero attached hydrogens (tertiary/aromatic N) is 5. The topological polar surface area (TPSA) is 103 Å². The molecule has 5 aromatic rings. The maximum Gasteiger partial charge on any atom is 0.258 e. The Kier molecular flexibility index (Phi) is 6.04. The number of amides is 1. The summed E-state index contributed by atoms with van der Waals surface area (Å²) in [4.78, 5) is 20.1. The summed E-state index contributed by atoms with van der Waals surface area (Å²) in [5.41, 5.74) is 10.3. The van der Waals surface area contributed by atoms with Gasteiger partial charge in [-0.3, -0.25) is 9.36 Å². The van der Waals surface area contributed by atoms with Gasteiger partial charge in [-0.15, -0.1) is 11.5 Å². The molecule has 0 bridgehead atoms. The number of carbonyl (C=O) groups excluding carboxylic acids is 1. The first-order valence-corrected chi connectivity index (χ1v) is 10.4. The third-order valence-electron chi connectivity index (χ3n) is 5.11. The van der Waals surface area contributed by atoms with Gasteiger partial charge in [0.1, 0.15) is 11.4 Å². The first-order valence-electron chi connectivity index (χ1n) is 10.4. The number of carbonyl (C=O) groups is 1. The fourth-order valence-corrected chi connectivity index (χ4v) is 3.63. The van der Waals surface area contributed by atoms with Crippen molar-refractivity contribution in [1.29, 1.82) is 0 Å². The third-order valence-corrected chi connectivity index (χ3v) is 5.11. The Morgan fingerprint density at radius 2 is 1.94 bits per heavy atom. The number of benzene rings is 2. The predicted molar refractivity (Wildman–Crippen MR) is 129 cm³/mol. The van der Waals surface area contributed by atoms with Gasteiger partial charge in [0.15, 0.2) is 11.5 Å². The summed E-state index contributed by atoms with van der Waals surface area (Å²) in [5.74, 6) is 3.69. The Balaban J connectivity index is 0.000000165. The Labute approximate surface area is 191 Å². The molecular formula is C25H23N7O. The maximum atomic E-state index is 11.4. The number of fused-ring (bicyclic) bond motifs is 2. The van der Waals surface area contributed by atoms with Gasteiger partial charge in [-0.1, -0.05) is 37.1 Å². The highest BCUT2D eigenvalue weighted by atomic mass is 16.1. The van der Waals surface area contributed by atoms with Crippen LogP contribution >= 0.6 is 0 Å². The Morgan fingerprint density at radius 1 is 1.15 bits per heavy atom. The normalized spacial score (nSPS) is 10.5. The molecule has 0 aliphatic rings. The number of nitrogens with one attached hydrogen (secondary N) is 1. The number of hydrogen-bond donors (Lipinski definition) is 2. The standard InChI is InChI=1S/C17H14N2.C8H9N5O/c1-3-13-9-8-12-15-17(13)19(16(4-2)18-15)14-10-6-5-7-11-14;1-10-8(14)5-6(9)12-13-4-2-3-11-7(5)13/h1,5-12H,4H2,2H3;2-4H,1H3,(H2,9,12)(H,10,14). The molecule has 0 saturated heterocycles. The van der Waals surface area contributed by atoms with E-state index in [1.165, 1.54) is 11.6 Å². The van der Waals surface area contributed by atoms with Gasteiger partial charge in [0, 0.05) is 31.5 Å². The minimum Gasteiger partial charge on any atom is -0.381 e. The summed E-state index contributed by atoms with van der Waals surface area (Å²) >= 11 is 0. The summed E-state index contributed by atoms with van der Waals surface area (Å²) in [5, 5.41) is 6.44. The van der Waals surface area contributed by atoms with Crippen LogP contribution in [0.3, 0.4) is 0 Å². The molecule has 0 aliphatic heterocycles. The van der Waals surface area contributed by atoms with Crippen molar-refractivity contribution in [2.45, 2.75) is 13.3 Å². The zero-order valence-electron chi connectivity index (χ0n) is 18.4. The van der Waals surface area contributed by atoms with Crippen molar-refractivity contribution in [2.24, 2.45) is 0 Å². The number of nitrogens with two attached hydrogens (primary N) is 1. The second kappa shape index (κ2) is 9.24. The Hall–Kier alpha value is -4.64. The number of terminal acetylenes is 1. The van der Waals surface area contributed by atoms with E-state index >= 15 is 0 Å². The molecule has 8 nitrogen and oxygen atoms in total. The summed E-state index contributed by atoms with van der Waals surface area (Å²) in [6.45, 7) is 2.11. The summed E-state index contributed by atoms with van der Waals surface area (Å²) < 4.78 is 3.63. The van der Waals surface area contributed by atoms with Crippen LogP contribution in [0.4, 0.5) is 5.82 Å². The maximum absolute atomic E-state index is 11.4. The predicted octanol–water partition coefficient (Wildman–Crippen LogP) is 3.24. The second-order valence-corrected chi connectivity index (χ2v) is 7.10. The van der Waals surface area contributed by atoms with Crippen LogP contribution in [0.25, 0.3) is 22.4 Å². The van der Waals surface area contributed by atoms with E-state index in [-0.39, 0.29) is 11.7 Å². The summed E-state index contributed by atoms with van der Waals surface area (Å²) in [6.07, 6.45) is 9.76. The number of aryl methyl sites for hydroxylation is 1. The number of aromatic nitrogens is 5. The molecular weight excluding hydrogens is 414 g/mol. The molecule has 8 heteroatoms. The number of hydrogen-bond acceptors (Lipinski definition) is 5. The molecule has 0 aliphatic carbocycles. The van der Waals surface area contributed by atoms with Crippen molar-refractivity contribution < 1.29 is 4.79 Å². The van der Waals surface area contributed by atoms with Gasteiger partial charge < -0.3 is 11.1 Å². The van der Waals surface area contributed by atoms with E-state index < -0.39 is 0 Å². The molecule has 0 radical (unpaired) electrons. The van der Waals surface area contributed by atoms with Crippen molar-refractivity contribution in [3.63, 3.8) is 0 Å². The monoisotopic (exact) mass is 437 g/mol. The van der Waals surface area contributed by atoms with Gasteiger partial charge in [-0.05, 0) is 30.3 Å². The number of nitrogen functional groups attached to an aromatic ring is 1. The molecule has 0 saturated carbocycles. The van der Waals surface area contributed by atoms with E-state index in [2.05, 4.69) is 49.9 Å². The minimum atomic E-state index is -0.281. The zero-order valence-corrected chi connectivity index (χ0v) is 18.4. The van der Waals surface area contributed by atoms with E-state index in [4.69, 9.17) is 12.2 Å². The largest absolute Gasteiger partial charge is 0.381 e. The van der Waals surface area contributed by atoms with Gasteiger partial charge in [-0.2, -0.15) is 0 Å². The fourth-order valence-electron chi connectivity index (χ4n) is 3.63. The minimum absolute atomic E-state index is 0.183. The van der Waals surface area contributed by atoms with Crippen molar-refractivity contribution in [2.75, 3.05) is 12.8 Å². The lowest BCUT2D eigenvalue weighted by atomic mass is 10.2. The molecule has 0 fully saturated rings. The van der Waals surface area contributed by atoms with Crippen LogP contribution in [0.15, 0.2) is 67.0 Å². The van der Waals surface area contributed by atoms with Gasteiger partial charge >= 0.3 is 0 Å². The van der Waals surface area contributed by atoms with Crippen molar-refractivity contribution >= 4 is 28.4 Å². The van der Waals surface area contributed by atoms with Crippen LogP contribution in [0.5, 0.6) is 0 Å². The smallest absolute Gasteiger partial charge is 0.258 e. The average molecular weight is 438 g/mol. The van der Waals surface area contributed by atoms with E-state index in [1.807, 2.05) is 36.4 Å². The second-order valence-electron chi connectivity index (χ2n) is 7.10. The van der Waals surface area contributed by atoms with Crippen LogP contribution in [0.2, 0.25) is 0 Å². The lowest BCUT2D eigenvalue weighted by molar-refractivity contribution is 0.0965. The lowest BCUT2D eigenvalue weighted by Crippen LogP contribution is -2.19. The molecule has 0 spiro atoms. The van der Waals surface area contributed by atoms with Gasteiger partial charge in [0.05, 0.1) is 16.6 Å². The van der Waals surface area contributed by atoms with Crippen LogP contribution in [-0.4, -0.2) is 37.1 Å². The van der Waals surface area contributed by atoms with Crippen LogP contribution < -0.4 is 11.1 Å². The molecule has 33 heavy (non-hydrogen) atoms. The van der Waals surface area contributed by atoms with Gasteiger partial charge in [0.2, 0.25) is 0 Å². The molecule has 0 atom stereocenters. The highest BCUT2D eigenvalue weighted by molar-refractivity contribution is 6.03.